The summed E-state index contributed by atoms with van der Waals surface area (Å²) >= 11 is 0. The number of nitrogens with two attached hydrogens (primary N) is 1. The van der Waals surface area contributed by atoms with Gasteiger partial charge in [0.1, 0.15) is 12.6 Å². The molecule has 1 aliphatic heterocycles. The van der Waals surface area contributed by atoms with E-state index in [2.05, 4.69) is 0 Å². The van der Waals surface area contributed by atoms with E-state index in [1.54, 1.807) is 25.2 Å². The van der Waals surface area contributed by atoms with E-state index >= 15 is 0 Å². The van der Waals surface area contributed by atoms with Crippen molar-refractivity contribution in [2.24, 2.45) is 5.73 Å². The minimum absolute atomic E-state index is 0.00798. The Kier molecular flexibility index (Phi) is 3.71. The Bertz CT molecular complexity index is 572. The third kappa shape index (κ3) is 2.62. The number of amides is 2. The van der Waals surface area contributed by atoms with Gasteiger partial charge in [-0.3, -0.25) is 14.4 Å². The average molecular weight is 277 g/mol. The second-order valence-electron chi connectivity index (χ2n) is 4.64. The molecular formula is C13H15N3O4. The van der Waals surface area contributed by atoms with Crippen molar-refractivity contribution in [2.45, 2.75) is 6.04 Å². The molecule has 7 nitrogen and oxygen atoms in total. The maximum absolute atomic E-state index is 12.0. The third-order valence-electron chi connectivity index (χ3n) is 3.20. The predicted molar refractivity (Wildman–Crippen MR) is 71.0 cm³/mol. The monoisotopic (exact) mass is 277 g/mol. The topological polar surface area (TPSA) is 104 Å². The summed E-state index contributed by atoms with van der Waals surface area (Å²) in [5.74, 6) is -1.53. The van der Waals surface area contributed by atoms with Crippen molar-refractivity contribution < 1.29 is 19.5 Å². The van der Waals surface area contributed by atoms with Gasteiger partial charge in [0.2, 0.25) is 11.8 Å². The molecule has 1 aromatic carbocycles. The zero-order valence-electron chi connectivity index (χ0n) is 10.9. The van der Waals surface area contributed by atoms with Gasteiger partial charge in [0.05, 0.1) is 6.54 Å². The smallest absolute Gasteiger partial charge is 0.325 e. The summed E-state index contributed by atoms with van der Waals surface area (Å²) in [5, 5.41) is 8.90. The Balaban J connectivity index is 2.29. The van der Waals surface area contributed by atoms with Gasteiger partial charge in [0.15, 0.2) is 0 Å². The van der Waals surface area contributed by atoms with E-state index in [0.29, 0.717) is 11.3 Å². The van der Waals surface area contributed by atoms with Crippen LogP contribution in [0.3, 0.4) is 0 Å². The lowest BCUT2D eigenvalue weighted by Crippen LogP contribution is -2.52. The van der Waals surface area contributed by atoms with Gasteiger partial charge in [0.25, 0.3) is 0 Å². The largest absolute Gasteiger partial charge is 0.480 e. The number of rotatable bonds is 3. The van der Waals surface area contributed by atoms with E-state index < -0.39 is 12.0 Å². The van der Waals surface area contributed by atoms with Gasteiger partial charge in [-0.25, -0.2) is 0 Å². The number of hydrogen-bond acceptors (Lipinski definition) is 4. The van der Waals surface area contributed by atoms with E-state index in [1.165, 1.54) is 15.9 Å². The van der Waals surface area contributed by atoms with Gasteiger partial charge < -0.3 is 20.6 Å². The molecule has 7 heteroatoms. The molecule has 106 valence electrons. The van der Waals surface area contributed by atoms with Crippen LogP contribution in [-0.4, -0.2) is 47.9 Å². The van der Waals surface area contributed by atoms with Crippen LogP contribution in [0, 0.1) is 0 Å². The molecule has 3 N–H and O–H groups in total. The maximum Gasteiger partial charge on any atom is 0.325 e. The molecule has 0 spiro atoms. The lowest BCUT2D eigenvalue weighted by molar-refractivity contribution is -0.138. The fraction of sp³-hybridized carbons (Fsp3) is 0.308. The van der Waals surface area contributed by atoms with E-state index in [0.717, 1.165) is 0 Å². The van der Waals surface area contributed by atoms with E-state index in [-0.39, 0.29) is 24.9 Å². The van der Waals surface area contributed by atoms with Gasteiger partial charge in [-0.05, 0) is 17.7 Å². The first-order valence-corrected chi connectivity index (χ1v) is 6.03. The van der Waals surface area contributed by atoms with Crippen LogP contribution in [0.4, 0.5) is 5.69 Å². The molecule has 0 aliphatic carbocycles. The number of piperazine rings is 1. The van der Waals surface area contributed by atoms with Gasteiger partial charge >= 0.3 is 5.97 Å². The molecule has 0 aromatic heterocycles. The first kappa shape index (κ1) is 14.0. The number of likely N-dealkylation sites (N-methyl/N-ethyl adjacent to an activating group) is 1. The number of carbonyl (C=O) groups is 3. The van der Waals surface area contributed by atoms with Crippen molar-refractivity contribution in [1.82, 2.24) is 4.90 Å². The minimum atomic E-state index is -1.16. The van der Waals surface area contributed by atoms with E-state index in [9.17, 15) is 14.4 Å². The number of carboxylic acid groups (broad SMARTS) is 1. The highest BCUT2D eigenvalue weighted by Gasteiger charge is 2.29. The second kappa shape index (κ2) is 5.30. The van der Waals surface area contributed by atoms with Crippen LogP contribution in [0.5, 0.6) is 0 Å². The molecule has 1 aliphatic rings. The maximum atomic E-state index is 12.0. The van der Waals surface area contributed by atoms with Gasteiger partial charge in [0, 0.05) is 12.7 Å². The van der Waals surface area contributed by atoms with Crippen molar-refractivity contribution in [3.63, 3.8) is 0 Å². The predicted octanol–water partition coefficient (Wildman–Crippen LogP) is -0.424. The number of carboxylic acids is 1. The Morgan fingerprint density at radius 2 is 2.00 bits per heavy atom. The standard InChI is InChI=1S/C13H15N3O4/c1-15-6-11(18)16(7-10(15)17)9-4-2-3-8(5-9)12(14)13(19)20/h2-5,12H,6-7,14H2,1H3,(H,19,20). The highest BCUT2D eigenvalue weighted by atomic mass is 16.4. The van der Waals surface area contributed by atoms with Gasteiger partial charge in [-0.2, -0.15) is 0 Å². The Morgan fingerprint density at radius 3 is 2.65 bits per heavy atom. The molecule has 1 fully saturated rings. The Hall–Kier alpha value is -2.41. The summed E-state index contributed by atoms with van der Waals surface area (Å²) in [5.41, 5.74) is 6.40. The molecule has 1 saturated heterocycles. The van der Waals surface area contributed by atoms with Crippen LogP contribution in [0.1, 0.15) is 11.6 Å². The molecule has 0 radical (unpaired) electrons. The number of nitrogens with zero attached hydrogens (tertiary/aromatic N) is 2. The van der Waals surface area contributed by atoms with Crippen molar-refractivity contribution >= 4 is 23.5 Å². The summed E-state index contributed by atoms with van der Waals surface area (Å²) in [7, 11) is 1.56. The Morgan fingerprint density at radius 1 is 1.30 bits per heavy atom. The zero-order chi connectivity index (χ0) is 14.9. The summed E-state index contributed by atoms with van der Waals surface area (Å²) < 4.78 is 0. The fourth-order valence-electron chi connectivity index (χ4n) is 1.98. The molecule has 20 heavy (non-hydrogen) atoms. The van der Waals surface area contributed by atoms with Crippen molar-refractivity contribution in [2.75, 3.05) is 25.0 Å². The van der Waals surface area contributed by atoms with Crippen LogP contribution in [0.25, 0.3) is 0 Å². The van der Waals surface area contributed by atoms with Crippen molar-refractivity contribution in [3.05, 3.63) is 29.8 Å². The van der Waals surface area contributed by atoms with Crippen LogP contribution in [0.2, 0.25) is 0 Å². The second-order valence-corrected chi connectivity index (χ2v) is 4.64. The summed E-state index contributed by atoms with van der Waals surface area (Å²) in [6.07, 6.45) is 0. The van der Waals surface area contributed by atoms with Crippen LogP contribution < -0.4 is 10.6 Å². The molecule has 1 aromatic rings. The van der Waals surface area contributed by atoms with Crippen LogP contribution >= 0.6 is 0 Å². The number of aliphatic carboxylic acids is 1. The summed E-state index contributed by atoms with van der Waals surface area (Å²) in [4.78, 5) is 37.2. The molecular weight excluding hydrogens is 262 g/mol. The normalized spacial score (nSPS) is 17.3. The van der Waals surface area contributed by atoms with Crippen molar-refractivity contribution in [1.29, 1.82) is 0 Å². The summed E-state index contributed by atoms with van der Waals surface area (Å²) in [6.45, 7) is -0.0465. The number of anilines is 1. The van der Waals surface area contributed by atoms with Crippen LogP contribution in [0.15, 0.2) is 24.3 Å². The highest BCUT2D eigenvalue weighted by Crippen LogP contribution is 2.21. The molecule has 1 heterocycles. The number of hydrogen-bond donors (Lipinski definition) is 2. The summed E-state index contributed by atoms with van der Waals surface area (Å²) in [6, 6.07) is 5.20. The Labute approximate surface area is 115 Å². The van der Waals surface area contributed by atoms with Gasteiger partial charge in [-0.1, -0.05) is 12.1 Å². The lowest BCUT2D eigenvalue weighted by Gasteiger charge is -2.31. The molecule has 2 rings (SSSR count). The third-order valence-corrected chi connectivity index (χ3v) is 3.20. The molecule has 1 unspecified atom stereocenters. The van der Waals surface area contributed by atoms with Crippen molar-refractivity contribution in [3.8, 4) is 0 Å². The quantitative estimate of drug-likeness (QED) is 0.780. The first-order valence-electron chi connectivity index (χ1n) is 6.03. The highest BCUT2D eigenvalue weighted by molar-refractivity contribution is 6.04. The van der Waals surface area contributed by atoms with Crippen LogP contribution in [-0.2, 0) is 14.4 Å². The zero-order valence-corrected chi connectivity index (χ0v) is 10.9. The molecule has 1 atom stereocenters. The van der Waals surface area contributed by atoms with E-state index in [1.807, 2.05) is 0 Å². The minimum Gasteiger partial charge on any atom is -0.480 e. The number of carbonyl (C=O) groups excluding carboxylic acids is 2. The molecule has 0 saturated carbocycles. The number of benzene rings is 1. The average Bonchev–Trinajstić information content (AvgIpc) is 2.42. The molecule has 2 amide bonds. The lowest BCUT2D eigenvalue weighted by atomic mass is 10.1. The SMILES string of the molecule is CN1CC(=O)N(c2cccc(C(N)C(=O)O)c2)CC1=O. The van der Waals surface area contributed by atoms with E-state index in [4.69, 9.17) is 10.8 Å². The fourth-order valence-corrected chi connectivity index (χ4v) is 1.98. The molecule has 0 bridgehead atoms. The van der Waals surface area contributed by atoms with Gasteiger partial charge in [-0.15, -0.1) is 0 Å². The first-order chi connectivity index (χ1) is 9.40.